The smallest absolute Gasteiger partial charge is 0.130 e. The van der Waals surface area contributed by atoms with Crippen LogP contribution in [0.2, 0.25) is 0 Å². The van der Waals surface area contributed by atoms with Gasteiger partial charge in [-0.3, -0.25) is 0 Å². The molecule has 12 heavy (non-hydrogen) atoms. The van der Waals surface area contributed by atoms with Crippen LogP contribution in [0.4, 0.5) is 0 Å². The number of rotatable bonds is 2. The Morgan fingerprint density at radius 2 is 2.00 bits per heavy atom. The molecule has 0 radical (unpaired) electrons. The average Bonchev–Trinajstić information content (AvgIpc) is 2.15. The molecule has 1 rings (SSSR count). The van der Waals surface area contributed by atoms with Gasteiger partial charge in [0.1, 0.15) is 5.84 Å². The summed E-state index contributed by atoms with van der Waals surface area (Å²) < 4.78 is 0. The lowest BCUT2D eigenvalue weighted by molar-refractivity contribution is 1.45. The standard InChI is InChI=1S/C10H12N2/c1-2-8-12-10(11)9-6-4-3-5-7-9/h2-8H,1H3,(H2,11,12)/b8-2-. The minimum absolute atomic E-state index is 0.550. The van der Waals surface area contributed by atoms with Crippen LogP contribution in [0.25, 0.3) is 0 Å². The van der Waals surface area contributed by atoms with Gasteiger partial charge >= 0.3 is 0 Å². The van der Waals surface area contributed by atoms with Crippen molar-refractivity contribution in [2.45, 2.75) is 6.92 Å². The molecule has 0 unspecified atom stereocenters. The maximum atomic E-state index is 5.68. The number of allylic oxidation sites excluding steroid dienone is 1. The van der Waals surface area contributed by atoms with Crippen molar-refractivity contribution in [2.75, 3.05) is 0 Å². The van der Waals surface area contributed by atoms with Gasteiger partial charge in [-0.05, 0) is 6.92 Å². The number of benzene rings is 1. The minimum atomic E-state index is 0.550. The highest BCUT2D eigenvalue weighted by Crippen LogP contribution is 1.97. The fourth-order valence-corrected chi connectivity index (χ4v) is 0.838. The number of aliphatic imine (C=N–C) groups is 1. The van der Waals surface area contributed by atoms with Crippen LogP contribution in [-0.4, -0.2) is 5.84 Å². The first-order chi connectivity index (χ1) is 5.84. The van der Waals surface area contributed by atoms with Gasteiger partial charge in [-0.25, -0.2) is 4.99 Å². The van der Waals surface area contributed by atoms with Crippen LogP contribution in [0.3, 0.4) is 0 Å². The maximum absolute atomic E-state index is 5.68. The molecule has 2 N–H and O–H groups in total. The van der Waals surface area contributed by atoms with Crippen LogP contribution in [0.15, 0.2) is 47.6 Å². The normalized spacial score (nSPS) is 12.2. The molecule has 0 aromatic heterocycles. The Hall–Kier alpha value is -1.57. The van der Waals surface area contributed by atoms with Gasteiger partial charge in [0, 0.05) is 11.8 Å². The number of amidine groups is 1. The number of nitrogens with zero attached hydrogens (tertiary/aromatic N) is 1. The van der Waals surface area contributed by atoms with Crippen molar-refractivity contribution in [2.24, 2.45) is 10.7 Å². The monoisotopic (exact) mass is 160 g/mol. The highest BCUT2D eigenvalue weighted by molar-refractivity contribution is 5.97. The van der Waals surface area contributed by atoms with Crippen LogP contribution < -0.4 is 5.73 Å². The van der Waals surface area contributed by atoms with E-state index in [9.17, 15) is 0 Å². The predicted molar refractivity (Wildman–Crippen MR) is 52.0 cm³/mol. The second kappa shape index (κ2) is 4.34. The molecule has 0 aliphatic heterocycles. The molecule has 1 aromatic rings. The van der Waals surface area contributed by atoms with Crippen molar-refractivity contribution >= 4 is 5.84 Å². The Labute approximate surface area is 72.4 Å². The van der Waals surface area contributed by atoms with Gasteiger partial charge in [0.25, 0.3) is 0 Å². The Balaban J connectivity index is 2.85. The molecule has 2 heteroatoms. The third kappa shape index (κ3) is 2.23. The van der Waals surface area contributed by atoms with E-state index >= 15 is 0 Å². The Kier molecular flexibility index (Phi) is 3.08. The number of hydrogen-bond donors (Lipinski definition) is 1. The summed E-state index contributed by atoms with van der Waals surface area (Å²) in [4.78, 5) is 4.03. The van der Waals surface area contributed by atoms with Crippen LogP contribution >= 0.6 is 0 Å². The van der Waals surface area contributed by atoms with Crippen molar-refractivity contribution in [3.63, 3.8) is 0 Å². The average molecular weight is 160 g/mol. The molecule has 0 amide bonds. The summed E-state index contributed by atoms with van der Waals surface area (Å²) in [6, 6.07) is 9.69. The largest absolute Gasteiger partial charge is 0.383 e. The first kappa shape index (κ1) is 8.53. The van der Waals surface area contributed by atoms with Gasteiger partial charge in [0.15, 0.2) is 0 Å². The molecule has 0 fully saturated rings. The fourth-order valence-electron chi connectivity index (χ4n) is 0.838. The van der Waals surface area contributed by atoms with Crippen molar-refractivity contribution in [3.8, 4) is 0 Å². The molecule has 2 nitrogen and oxygen atoms in total. The number of hydrogen-bond acceptors (Lipinski definition) is 1. The van der Waals surface area contributed by atoms with Crippen molar-refractivity contribution < 1.29 is 0 Å². The summed E-state index contributed by atoms with van der Waals surface area (Å²) in [7, 11) is 0. The zero-order chi connectivity index (χ0) is 8.81. The van der Waals surface area contributed by atoms with Crippen molar-refractivity contribution in [3.05, 3.63) is 48.2 Å². The highest BCUT2D eigenvalue weighted by Gasteiger charge is 1.92. The number of nitrogens with two attached hydrogens (primary N) is 1. The summed E-state index contributed by atoms with van der Waals surface area (Å²) in [6.45, 7) is 1.90. The van der Waals surface area contributed by atoms with Gasteiger partial charge in [-0.15, -0.1) is 0 Å². The fraction of sp³-hybridized carbons (Fsp3) is 0.100. The van der Waals surface area contributed by atoms with Crippen LogP contribution in [-0.2, 0) is 0 Å². The SMILES string of the molecule is C/C=C\N=C(/N)c1ccccc1. The Morgan fingerprint density at radius 3 is 2.58 bits per heavy atom. The topological polar surface area (TPSA) is 38.4 Å². The molecule has 0 atom stereocenters. The summed E-state index contributed by atoms with van der Waals surface area (Å²) >= 11 is 0. The van der Waals surface area contributed by atoms with Gasteiger partial charge in [-0.2, -0.15) is 0 Å². The molecule has 0 bridgehead atoms. The molecule has 0 heterocycles. The molecule has 0 spiro atoms. The molecular formula is C10H12N2. The van der Waals surface area contributed by atoms with Crippen molar-refractivity contribution in [1.29, 1.82) is 0 Å². The second-order valence-electron chi connectivity index (χ2n) is 2.36. The lowest BCUT2D eigenvalue weighted by Crippen LogP contribution is -2.12. The molecule has 1 aromatic carbocycles. The van der Waals surface area contributed by atoms with E-state index in [0.29, 0.717) is 5.84 Å². The van der Waals surface area contributed by atoms with Gasteiger partial charge < -0.3 is 5.73 Å². The first-order valence-corrected chi connectivity index (χ1v) is 3.84. The third-order valence-corrected chi connectivity index (χ3v) is 1.43. The van der Waals surface area contributed by atoms with Crippen molar-refractivity contribution in [1.82, 2.24) is 0 Å². The highest BCUT2D eigenvalue weighted by atomic mass is 14.8. The second-order valence-corrected chi connectivity index (χ2v) is 2.36. The van der Waals surface area contributed by atoms with Gasteiger partial charge in [0.2, 0.25) is 0 Å². The zero-order valence-corrected chi connectivity index (χ0v) is 7.07. The predicted octanol–water partition coefficient (Wildman–Crippen LogP) is 1.93. The van der Waals surface area contributed by atoms with Gasteiger partial charge in [0.05, 0.1) is 0 Å². The minimum Gasteiger partial charge on any atom is -0.383 e. The molecule has 0 aliphatic rings. The molecule has 0 aliphatic carbocycles. The molecule has 62 valence electrons. The van der Waals surface area contributed by atoms with Crippen LogP contribution in [0.1, 0.15) is 12.5 Å². The van der Waals surface area contributed by atoms with E-state index in [2.05, 4.69) is 4.99 Å². The lowest BCUT2D eigenvalue weighted by atomic mass is 10.2. The van der Waals surface area contributed by atoms with E-state index in [1.165, 1.54) is 0 Å². The quantitative estimate of drug-likeness (QED) is 0.521. The zero-order valence-electron chi connectivity index (χ0n) is 7.07. The summed E-state index contributed by atoms with van der Waals surface area (Å²) in [5.41, 5.74) is 6.63. The Morgan fingerprint density at radius 1 is 1.33 bits per heavy atom. The van der Waals surface area contributed by atoms with E-state index in [-0.39, 0.29) is 0 Å². The van der Waals surface area contributed by atoms with E-state index in [4.69, 9.17) is 5.73 Å². The summed E-state index contributed by atoms with van der Waals surface area (Å²) in [5, 5.41) is 0. The van der Waals surface area contributed by atoms with E-state index in [1.807, 2.05) is 43.3 Å². The van der Waals surface area contributed by atoms with Crippen LogP contribution in [0.5, 0.6) is 0 Å². The van der Waals surface area contributed by atoms with E-state index in [0.717, 1.165) is 5.56 Å². The van der Waals surface area contributed by atoms with Gasteiger partial charge in [-0.1, -0.05) is 36.4 Å². The summed E-state index contributed by atoms with van der Waals surface area (Å²) in [5.74, 6) is 0.550. The maximum Gasteiger partial charge on any atom is 0.130 e. The lowest BCUT2D eigenvalue weighted by Gasteiger charge is -1.96. The molecule has 0 saturated carbocycles. The third-order valence-electron chi connectivity index (χ3n) is 1.43. The summed E-state index contributed by atoms with van der Waals surface area (Å²) in [6.07, 6.45) is 3.53. The Bertz CT molecular complexity index is 286. The molecule has 0 saturated heterocycles. The van der Waals surface area contributed by atoms with E-state index < -0.39 is 0 Å². The molecular weight excluding hydrogens is 148 g/mol. The van der Waals surface area contributed by atoms with Crippen LogP contribution in [0, 0.1) is 0 Å². The first-order valence-electron chi connectivity index (χ1n) is 3.84. The van der Waals surface area contributed by atoms with E-state index in [1.54, 1.807) is 6.20 Å².